The molecule has 17 heavy (non-hydrogen) atoms. The van der Waals surface area contributed by atoms with Gasteiger partial charge < -0.3 is 5.32 Å². The van der Waals surface area contributed by atoms with E-state index in [-0.39, 0.29) is 11.8 Å². The molecule has 1 unspecified atom stereocenters. The minimum atomic E-state index is -2.91. The highest BCUT2D eigenvalue weighted by atomic mass is 79.9. The van der Waals surface area contributed by atoms with Crippen molar-refractivity contribution in [1.29, 1.82) is 0 Å². The second-order valence-corrected chi connectivity index (χ2v) is 7.50. The number of hydrogen-bond acceptors (Lipinski definition) is 3. The second kappa shape index (κ2) is 5.98. The third kappa shape index (κ3) is 5.19. The van der Waals surface area contributed by atoms with Crippen molar-refractivity contribution in [3.05, 3.63) is 33.8 Å². The summed E-state index contributed by atoms with van der Waals surface area (Å²) in [6.07, 6.45) is 1.86. The lowest BCUT2D eigenvalue weighted by Crippen LogP contribution is -2.20. The number of rotatable bonds is 5. The Balaban J connectivity index is 2.86. The number of aryl methyl sites for hydroxylation is 1. The maximum absolute atomic E-state index is 11.2. The Hall–Kier alpha value is -0.390. The minimum Gasteiger partial charge on any atom is -0.313 e. The lowest BCUT2D eigenvalue weighted by Gasteiger charge is -2.17. The maximum Gasteiger partial charge on any atom is 0.147 e. The Morgan fingerprint density at radius 2 is 2.00 bits per heavy atom. The summed E-state index contributed by atoms with van der Waals surface area (Å²) in [5.74, 6) is 0.198. The first kappa shape index (κ1) is 14.7. The van der Waals surface area contributed by atoms with E-state index >= 15 is 0 Å². The zero-order chi connectivity index (χ0) is 13.1. The first-order valence-corrected chi connectivity index (χ1v) is 8.29. The van der Waals surface area contributed by atoms with E-state index in [1.165, 1.54) is 6.26 Å². The van der Waals surface area contributed by atoms with Gasteiger partial charge in [-0.25, -0.2) is 8.42 Å². The molecule has 1 N–H and O–H groups in total. The summed E-state index contributed by atoms with van der Waals surface area (Å²) in [6, 6.07) is 6.21. The van der Waals surface area contributed by atoms with Crippen LogP contribution in [0.25, 0.3) is 0 Å². The lowest BCUT2D eigenvalue weighted by molar-refractivity contribution is 0.558. The lowest BCUT2D eigenvalue weighted by atomic mass is 10.0. The third-order valence-corrected chi connectivity index (χ3v) is 4.03. The summed E-state index contributed by atoms with van der Waals surface area (Å²) >= 11 is 3.46. The topological polar surface area (TPSA) is 46.2 Å². The van der Waals surface area contributed by atoms with E-state index in [1.54, 1.807) is 0 Å². The highest BCUT2D eigenvalue weighted by molar-refractivity contribution is 9.10. The van der Waals surface area contributed by atoms with E-state index in [4.69, 9.17) is 0 Å². The third-order valence-electron chi connectivity index (χ3n) is 2.59. The summed E-state index contributed by atoms with van der Waals surface area (Å²) in [6.45, 7) is 2.03. The SMILES string of the molecule is CNC(CCS(C)(=O)=O)c1cc(C)cc(Br)c1. The van der Waals surface area contributed by atoms with Crippen molar-refractivity contribution < 1.29 is 8.42 Å². The second-order valence-electron chi connectivity index (χ2n) is 4.32. The molecule has 0 saturated heterocycles. The molecule has 1 rings (SSSR count). The van der Waals surface area contributed by atoms with Gasteiger partial charge in [0.1, 0.15) is 9.84 Å². The number of sulfone groups is 1. The minimum absolute atomic E-state index is 0.0703. The van der Waals surface area contributed by atoms with Crippen LogP contribution in [0.1, 0.15) is 23.6 Å². The average Bonchev–Trinajstić information content (AvgIpc) is 2.15. The largest absolute Gasteiger partial charge is 0.313 e. The molecule has 3 nitrogen and oxygen atoms in total. The van der Waals surface area contributed by atoms with Crippen LogP contribution in [0.5, 0.6) is 0 Å². The predicted octanol–water partition coefficient (Wildman–Crippen LogP) is 2.45. The summed E-state index contributed by atoms with van der Waals surface area (Å²) in [5, 5.41) is 3.16. The normalized spacial score (nSPS) is 13.6. The van der Waals surface area contributed by atoms with Crippen molar-refractivity contribution in [2.24, 2.45) is 0 Å². The molecule has 0 spiro atoms. The molecular formula is C12H18BrNO2S. The highest BCUT2D eigenvalue weighted by Gasteiger charge is 2.13. The molecule has 0 aliphatic carbocycles. The van der Waals surface area contributed by atoms with Crippen molar-refractivity contribution in [1.82, 2.24) is 5.32 Å². The Labute approximate surface area is 112 Å². The van der Waals surface area contributed by atoms with E-state index in [0.717, 1.165) is 15.6 Å². The molecule has 0 aliphatic rings. The summed E-state index contributed by atoms with van der Waals surface area (Å²) < 4.78 is 23.4. The van der Waals surface area contributed by atoms with E-state index in [2.05, 4.69) is 27.3 Å². The Bertz CT molecular complexity index is 465. The number of benzene rings is 1. The molecule has 5 heteroatoms. The molecule has 1 aromatic carbocycles. The molecule has 0 aliphatic heterocycles. The molecular weight excluding hydrogens is 302 g/mol. The van der Waals surface area contributed by atoms with Crippen LogP contribution in [-0.4, -0.2) is 27.5 Å². The molecule has 1 atom stereocenters. The van der Waals surface area contributed by atoms with Crippen LogP contribution in [0.15, 0.2) is 22.7 Å². The Morgan fingerprint density at radius 3 is 2.47 bits per heavy atom. The van der Waals surface area contributed by atoms with Gasteiger partial charge in [-0.05, 0) is 43.7 Å². The number of nitrogens with one attached hydrogen (secondary N) is 1. The van der Waals surface area contributed by atoms with Crippen molar-refractivity contribution in [3.8, 4) is 0 Å². The van der Waals surface area contributed by atoms with Gasteiger partial charge in [-0.1, -0.05) is 22.0 Å². The van der Waals surface area contributed by atoms with E-state index < -0.39 is 9.84 Å². The summed E-state index contributed by atoms with van der Waals surface area (Å²) in [7, 11) is -1.06. The van der Waals surface area contributed by atoms with E-state index in [1.807, 2.05) is 26.1 Å². The number of hydrogen-bond donors (Lipinski definition) is 1. The quantitative estimate of drug-likeness (QED) is 0.906. The van der Waals surface area contributed by atoms with Gasteiger partial charge in [0, 0.05) is 16.8 Å². The van der Waals surface area contributed by atoms with Gasteiger partial charge >= 0.3 is 0 Å². The average molecular weight is 320 g/mol. The zero-order valence-corrected chi connectivity index (χ0v) is 12.7. The van der Waals surface area contributed by atoms with Crippen LogP contribution in [0.4, 0.5) is 0 Å². The smallest absolute Gasteiger partial charge is 0.147 e. The van der Waals surface area contributed by atoms with Crippen molar-refractivity contribution in [2.75, 3.05) is 19.1 Å². The molecule has 0 aromatic heterocycles. The molecule has 0 fully saturated rings. The monoisotopic (exact) mass is 319 g/mol. The fourth-order valence-electron chi connectivity index (χ4n) is 1.78. The molecule has 0 bridgehead atoms. The maximum atomic E-state index is 11.2. The molecule has 0 amide bonds. The van der Waals surface area contributed by atoms with Crippen LogP contribution in [0.3, 0.4) is 0 Å². The van der Waals surface area contributed by atoms with Gasteiger partial charge in [0.15, 0.2) is 0 Å². The van der Waals surface area contributed by atoms with Gasteiger partial charge in [0.2, 0.25) is 0 Å². The molecule has 1 aromatic rings. The molecule has 0 saturated carbocycles. The highest BCUT2D eigenvalue weighted by Crippen LogP contribution is 2.23. The fraction of sp³-hybridized carbons (Fsp3) is 0.500. The fourth-order valence-corrected chi connectivity index (χ4v) is 3.06. The first-order chi connectivity index (χ1) is 7.81. The standard InChI is InChI=1S/C12H18BrNO2S/c1-9-6-10(8-11(13)7-9)12(14-2)4-5-17(3,15)16/h6-8,12,14H,4-5H2,1-3H3. The molecule has 0 heterocycles. The van der Waals surface area contributed by atoms with Crippen LogP contribution in [0.2, 0.25) is 0 Å². The first-order valence-electron chi connectivity index (χ1n) is 5.44. The van der Waals surface area contributed by atoms with Crippen molar-refractivity contribution in [2.45, 2.75) is 19.4 Å². The molecule has 0 radical (unpaired) electrons. The van der Waals surface area contributed by atoms with Crippen LogP contribution in [-0.2, 0) is 9.84 Å². The van der Waals surface area contributed by atoms with Crippen LogP contribution in [0, 0.1) is 6.92 Å². The van der Waals surface area contributed by atoms with Gasteiger partial charge in [-0.15, -0.1) is 0 Å². The number of halogens is 1. The van der Waals surface area contributed by atoms with Crippen LogP contribution < -0.4 is 5.32 Å². The van der Waals surface area contributed by atoms with E-state index in [0.29, 0.717) is 6.42 Å². The van der Waals surface area contributed by atoms with Crippen molar-refractivity contribution in [3.63, 3.8) is 0 Å². The predicted molar refractivity (Wildman–Crippen MR) is 75.0 cm³/mol. The Kier molecular flexibility index (Phi) is 5.16. The van der Waals surface area contributed by atoms with Crippen molar-refractivity contribution >= 4 is 25.8 Å². The Morgan fingerprint density at radius 1 is 1.35 bits per heavy atom. The van der Waals surface area contributed by atoms with Gasteiger partial charge in [-0.3, -0.25) is 0 Å². The van der Waals surface area contributed by atoms with E-state index in [9.17, 15) is 8.42 Å². The van der Waals surface area contributed by atoms with Gasteiger partial charge in [0.25, 0.3) is 0 Å². The zero-order valence-electron chi connectivity index (χ0n) is 10.3. The molecule has 96 valence electrons. The van der Waals surface area contributed by atoms with Crippen LogP contribution >= 0.6 is 15.9 Å². The van der Waals surface area contributed by atoms with Gasteiger partial charge in [-0.2, -0.15) is 0 Å². The van der Waals surface area contributed by atoms with Gasteiger partial charge in [0.05, 0.1) is 5.75 Å². The summed E-state index contributed by atoms with van der Waals surface area (Å²) in [5.41, 5.74) is 2.28. The summed E-state index contributed by atoms with van der Waals surface area (Å²) in [4.78, 5) is 0.